The van der Waals surface area contributed by atoms with Gasteiger partial charge in [-0.15, -0.1) is 11.3 Å². The SMILES string of the molecule is NC(CCCC(=O)O)c1cc(Br)c(Br)s1. The van der Waals surface area contributed by atoms with Gasteiger partial charge in [-0.25, -0.2) is 0 Å². The molecular formula is C9H11Br2NO2S. The lowest BCUT2D eigenvalue weighted by Crippen LogP contribution is -2.09. The second kappa shape index (κ2) is 5.98. The van der Waals surface area contributed by atoms with E-state index in [1.165, 1.54) is 0 Å². The van der Waals surface area contributed by atoms with Crippen LogP contribution in [-0.4, -0.2) is 11.1 Å². The summed E-state index contributed by atoms with van der Waals surface area (Å²) < 4.78 is 2.02. The van der Waals surface area contributed by atoms with Crippen LogP contribution in [0.3, 0.4) is 0 Å². The van der Waals surface area contributed by atoms with Gasteiger partial charge in [-0.1, -0.05) is 0 Å². The number of nitrogens with two attached hydrogens (primary N) is 1. The smallest absolute Gasteiger partial charge is 0.303 e. The predicted octanol–water partition coefficient (Wildman–Crippen LogP) is 3.53. The van der Waals surface area contributed by atoms with E-state index in [0.717, 1.165) is 13.1 Å². The molecule has 0 aliphatic rings. The number of hydrogen-bond acceptors (Lipinski definition) is 3. The lowest BCUT2D eigenvalue weighted by atomic mass is 10.1. The molecule has 1 heterocycles. The minimum atomic E-state index is -0.768. The molecule has 0 aromatic carbocycles. The molecule has 0 radical (unpaired) electrons. The van der Waals surface area contributed by atoms with E-state index < -0.39 is 5.97 Å². The molecule has 0 fully saturated rings. The van der Waals surface area contributed by atoms with Crippen molar-refractivity contribution in [2.75, 3.05) is 0 Å². The molecule has 1 atom stereocenters. The largest absolute Gasteiger partial charge is 0.481 e. The maximum absolute atomic E-state index is 10.3. The molecule has 3 nitrogen and oxygen atoms in total. The molecule has 15 heavy (non-hydrogen) atoms. The predicted molar refractivity (Wildman–Crippen MR) is 68.1 cm³/mol. The van der Waals surface area contributed by atoms with Crippen LogP contribution in [0.5, 0.6) is 0 Å². The van der Waals surface area contributed by atoms with E-state index in [1.807, 2.05) is 6.07 Å². The molecule has 0 amide bonds. The Morgan fingerprint density at radius 3 is 2.73 bits per heavy atom. The van der Waals surface area contributed by atoms with Gasteiger partial charge in [-0.3, -0.25) is 4.79 Å². The summed E-state index contributed by atoms with van der Waals surface area (Å²) in [6.45, 7) is 0. The number of aliphatic carboxylic acids is 1. The van der Waals surface area contributed by atoms with Gasteiger partial charge in [0.05, 0.1) is 3.79 Å². The van der Waals surface area contributed by atoms with Crippen molar-refractivity contribution in [2.24, 2.45) is 5.73 Å². The van der Waals surface area contributed by atoms with Crippen molar-refractivity contribution < 1.29 is 9.90 Å². The third-order valence-corrected chi connectivity index (χ3v) is 5.32. The minimum absolute atomic E-state index is 0.0723. The summed E-state index contributed by atoms with van der Waals surface area (Å²) in [5.74, 6) is -0.768. The van der Waals surface area contributed by atoms with Crippen LogP contribution < -0.4 is 5.73 Å². The molecule has 0 saturated carbocycles. The van der Waals surface area contributed by atoms with Gasteiger partial charge in [0.15, 0.2) is 0 Å². The van der Waals surface area contributed by atoms with Crippen LogP contribution in [0.25, 0.3) is 0 Å². The Kier molecular flexibility index (Phi) is 5.25. The van der Waals surface area contributed by atoms with Gasteiger partial charge in [-0.2, -0.15) is 0 Å². The van der Waals surface area contributed by atoms with E-state index in [1.54, 1.807) is 11.3 Å². The summed E-state index contributed by atoms with van der Waals surface area (Å²) in [5, 5.41) is 8.49. The van der Waals surface area contributed by atoms with Crippen molar-refractivity contribution in [3.05, 3.63) is 19.2 Å². The number of halogens is 2. The molecule has 0 bridgehead atoms. The van der Waals surface area contributed by atoms with Gasteiger partial charge in [0.25, 0.3) is 0 Å². The molecule has 1 rings (SSSR count). The maximum atomic E-state index is 10.3. The fourth-order valence-electron chi connectivity index (χ4n) is 1.16. The number of hydrogen-bond donors (Lipinski definition) is 2. The average molecular weight is 357 g/mol. The fraction of sp³-hybridized carbons (Fsp3) is 0.444. The Bertz CT molecular complexity index is 334. The zero-order valence-corrected chi connectivity index (χ0v) is 11.9. The van der Waals surface area contributed by atoms with Crippen LogP contribution in [-0.2, 0) is 4.79 Å². The van der Waals surface area contributed by atoms with Gasteiger partial charge in [0, 0.05) is 21.8 Å². The number of thiophene rings is 1. The number of carboxylic acids is 1. The highest BCUT2D eigenvalue weighted by Crippen LogP contribution is 2.35. The number of carboxylic acid groups (broad SMARTS) is 1. The van der Waals surface area contributed by atoms with E-state index in [4.69, 9.17) is 10.8 Å². The number of rotatable bonds is 5. The molecule has 84 valence electrons. The average Bonchev–Trinajstić information content (AvgIpc) is 2.46. The minimum Gasteiger partial charge on any atom is -0.481 e. The highest BCUT2D eigenvalue weighted by atomic mass is 79.9. The molecule has 0 saturated heterocycles. The van der Waals surface area contributed by atoms with Crippen LogP contribution in [0.15, 0.2) is 14.3 Å². The van der Waals surface area contributed by atoms with Gasteiger partial charge in [0.1, 0.15) is 0 Å². The van der Waals surface area contributed by atoms with E-state index >= 15 is 0 Å². The van der Waals surface area contributed by atoms with Crippen LogP contribution in [0, 0.1) is 0 Å². The highest BCUT2D eigenvalue weighted by Gasteiger charge is 2.12. The van der Waals surface area contributed by atoms with Crippen LogP contribution in [0.4, 0.5) is 0 Å². The Balaban J connectivity index is 2.46. The van der Waals surface area contributed by atoms with E-state index in [2.05, 4.69) is 31.9 Å². The van der Waals surface area contributed by atoms with E-state index in [9.17, 15) is 4.79 Å². The molecule has 1 unspecified atom stereocenters. The van der Waals surface area contributed by atoms with Crippen LogP contribution in [0.1, 0.15) is 30.2 Å². The Labute approximate surface area is 109 Å². The first kappa shape index (κ1) is 13.2. The first-order valence-electron chi connectivity index (χ1n) is 4.43. The van der Waals surface area contributed by atoms with Crippen LogP contribution >= 0.6 is 43.2 Å². The van der Waals surface area contributed by atoms with Gasteiger partial charge >= 0.3 is 5.97 Å². The molecule has 0 spiro atoms. The third-order valence-electron chi connectivity index (χ3n) is 1.94. The fourth-order valence-corrected chi connectivity index (χ4v) is 3.29. The zero-order chi connectivity index (χ0) is 11.4. The Morgan fingerprint density at radius 1 is 1.60 bits per heavy atom. The van der Waals surface area contributed by atoms with Crippen molar-refractivity contribution in [3.8, 4) is 0 Å². The first-order valence-corrected chi connectivity index (χ1v) is 6.83. The van der Waals surface area contributed by atoms with Crippen molar-refractivity contribution in [1.29, 1.82) is 0 Å². The molecule has 0 aliphatic heterocycles. The zero-order valence-electron chi connectivity index (χ0n) is 7.87. The normalized spacial score (nSPS) is 12.7. The third kappa shape index (κ3) is 4.22. The summed E-state index contributed by atoms with van der Waals surface area (Å²) >= 11 is 8.37. The second-order valence-electron chi connectivity index (χ2n) is 3.16. The van der Waals surface area contributed by atoms with Crippen molar-refractivity contribution >= 4 is 49.2 Å². The Morgan fingerprint density at radius 2 is 2.27 bits per heavy atom. The lowest BCUT2D eigenvalue weighted by molar-refractivity contribution is -0.137. The Hall–Kier alpha value is 0.0900. The summed E-state index contributed by atoms with van der Waals surface area (Å²) in [4.78, 5) is 11.4. The first-order chi connectivity index (χ1) is 7.00. The molecule has 3 N–H and O–H groups in total. The van der Waals surface area contributed by atoms with Crippen molar-refractivity contribution in [1.82, 2.24) is 0 Å². The standard InChI is InChI=1S/C9H11Br2NO2S/c10-5-4-7(15-9(5)11)6(12)2-1-3-8(13)14/h4,6H,1-3,12H2,(H,13,14). The van der Waals surface area contributed by atoms with Crippen LogP contribution in [0.2, 0.25) is 0 Å². The molecular weight excluding hydrogens is 346 g/mol. The molecule has 1 aromatic heterocycles. The van der Waals surface area contributed by atoms with Gasteiger partial charge < -0.3 is 10.8 Å². The summed E-state index contributed by atoms with van der Waals surface area (Å²) in [6.07, 6.45) is 1.50. The topological polar surface area (TPSA) is 63.3 Å². The maximum Gasteiger partial charge on any atom is 0.303 e. The molecule has 0 aliphatic carbocycles. The number of carbonyl (C=O) groups is 1. The monoisotopic (exact) mass is 355 g/mol. The summed E-state index contributed by atoms with van der Waals surface area (Å²) in [7, 11) is 0. The van der Waals surface area contributed by atoms with Gasteiger partial charge in [-0.05, 0) is 50.8 Å². The van der Waals surface area contributed by atoms with Crippen molar-refractivity contribution in [2.45, 2.75) is 25.3 Å². The van der Waals surface area contributed by atoms with E-state index in [-0.39, 0.29) is 12.5 Å². The van der Waals surface area contributed by atoms with Gasteiger partial charge in [0.2, 0.25) is 0 Å². The lowest BCUT2D eigenvalue weighted by Gasteiger charge is -2.07. The molecule has 6 heteroatoms. The summed E-state index contributed by atoms with van der Waals surface area (Å²) in [5.41, 5.74) is 5.94. The van der Waals surface area contributed by atoms with Crippen molar-refractivity contribution in [3.63, 3.8) is 0 Å². The second-order valence-corrected chi connectivity index (χ2v) is 6.42. The summed E-state index contributed by atoms with van der Waals surface area (Å²) in [6, 6.07) is 1.90. The highest BCUT2D eigenvalue weighted by molar-refractivity contribution is 9.13. The molecule has 1 aromatic rings. The van der Waals surface area contributed by atoms with E-state index in [0.29, 0.717) is 12.8 Å². The quantitative estimate of drug-likeness (QED) is 0.848.